The van der Waals surface area contributed by atoms with Gasteiger partial charge in [-0.05, 0) is 45.2 Å². The van der Waals surface area contributed by atoms with Crippen LogP contribution in [0.4, 0.5) is 29.7 Å². The topological polar surface area (TPSA) is 178 Å². The highest BCUT2D eigenvalue weighted by molar-refractivity contribution is 7.13. The van der Waals surface area contributed by atoms with Gasteiger partial charge in [0.2, 0.25) is 11.8 Å². The number of para-hydroxylation sites is 2. The summed E-state index contributed by atoms with van der Waals surface area (Å²) in [6.45, 7) is 2.55. The molecule has 2 aromatic carbocycles. The normalized spacial score (nSPS) is 15.0. The minimum atomic E-state index is -5.08. The van der Waals surface area contributed by atoms with Crippen molar-refractivity contribution >= 4 is 63.2 Å². The second kappa shape index (κ2) is 15.2. The lowest BCUT2D eigenvalue weighted by molar-refractivity contribution is -0.192. The fourth-order valence-corrected chi connectivity index (χ4v) is 4.61. The molecule has 2 heterocycles. The number of nitrogens with zero attached hydrogens (tertiary/aromatic N) is 3. The third-order valence-electron chi connectivity index (χ3n) is 6.54. The number of fused-ring (bicyclic) bond motifs is 1. The minimum absolute atomic E-state index is 0.132. The molecule has 1 aliphatic rings. The Labute approximate surface area is 264 Å². The van der Waals surface area contributed by atoms with Crippen molar-refractivity contribution in [2.75, 3.05) is 35.3 Å². The summed E-state index contributed by atoms with van der Waals surface area (Å²) >= 11 is 1.24. The van der Waals surface area contributed by atoms with Crippen LogP contribution in [-0.2, 0) is 19.2 Å². The number of Topliss-reactive ketones (excluding diaryl/α,β-unsaturated/α-hetero) is 1. The number of carboxylic acid groups (broad SMARTS) is 1. The molecule has 0 radical (unpaired) electrons. The molecule has 0 aliphatic carbocycles. The number of hydrogen-bond acceptors (Lipinski definition) is 9. The van der Waals surface area contributed by atoms with Crippen molar-refractivity contribution in [1.29, 1.82) is 0 Å². The maximum atomic E-state index is 13.8. The second-order valence-corrected chi connectivity index (χ2v) is 10.6. The summed E-state index contributed by atoms with van der Waals surface area (Å²) in [7, 11) is 1.62. The summed E-state index contributed by atoms with van der Waals surface area (Å²) < 4.78 is 31.7. The van der Waals surface area contributed by atoms with Crippen LogP contribution in [-0.4, -0.2) is 83.9 Å². The Bertz CT molecular complexity index is 1600. The monoisotopic (exact) mass is 662 g/mol. The number of carboxylic acids is 1. The van der Waals surface area contributed by atoms with E-state index in [1.165, 1.54) is 28.1 Å². The molecule has 46 heavy (non-hydrogen) atoms. The van der Waals surface area contributed by atoms with Gasteiger partial charge >= 0.3 is 12.1 Å². The first-order valence-electron chi connectivity index (χ1n) is 13.4. The number of benzene rings is 2. The van der Waals surface area contributed by atoms with E-state index in [0.29, 0.717) is 27.6 Å². The van der Waals surface area contributed by atoms with Crippen molar-refractivity contribution in [3.8, 4) is 0 Å². The van der Waals surface area contributed by atoms with Crippen molar-refractivity contribution in [1.82, 2.24) is 15.6 Å². The summed E-state index contributed by atoms with van der Waals surface area (Å²) in [4.78, 5) is 80.6. The van der Waals surface area contributed by atoms with Crippen LogP contribution in [0.1, 0.15) is 34.6 Å². The van der Waals surface area contributed by atoms with Crippen LogP contribution in [0.3, 0.4) is 0 Å². The van der Waals surface area contributed by atoms with Gasteiger partial charge in [0.1, 0.15) is 12.6 Å². The van der Waals surface area contributed by atoms with Gasteiger partial charge in [-0.25, -0.2) is 9.78 Å². The Hall–Kier alpha value is -5.16. The number of likely N-dealkylation sites (N-methyl/N-ethyl adjacent to an activating group) is 1. The van der Waals surface area contributed by atoms with Crippen molar-refractivity contribution < 1.29 is 47.0 Å². The third kappa shape index (κ3) is 8.95. The number of amides is 4. The fourth-order valence-electron chi connectivity index (χ4n) is 4.07. The lowest BCUT2D eigenvalue weighted by Gasteiger charge is -2.26. The van der Waals surface area contributed by atoms with Gasteiger partial charge in [-0.1, -0.05) is 24.3 Å². The van der Waals surface area contributed by atoms with E-state index in [-0.39, 0.29) is 18.9 Å². The van der Waals surface area contributed by atoms with Crippen molar-refractivity contribution in [2.45, 2.75) is 32.1 Å². The first-order chi connectivity index (χ1) is 21.6. The van der Waals surface area contributed by atoms with Crippen LogP contribution < -0.4 is 25.8 Å². The lowest BCUT2D eigenvalue weighted by Crippen LogP contribution is -2.56. The van der Waals surface area contributed by atoms with Crippen molar-refractivity contribution in [3.05, 3.63) is 71.2 Å². The Kier molecular flexibility index (Phi) is 11.7. The number of carbonyl (C=O) groups excluding carboxylic acids is 5. The molecule has 0 bridgehead atoms. The second-order valence-electron chi connectivity index (χ2n) is 9.72. The summed E-state index contributed by atoms with van der Waals surface area (Å²) in [5.74, 6) is -4.79. The van der Waals surface area contributed by atoms with E-state index in [2.05, 4.69) is 20.9 Å². The molecule has 0 saturated carbocycles. The number of halogens is 3. The predicted molar refractivity (Wildman–Crippen MR) is 162 cm³/mol. The molecule has 0 unspecified atom stereocenters. The maximum absolute atomic E-state index is 13.8. The number of carbonyl (C=O) groups is 6. The summed E-state index contributed by atoms with van der Waals surface area (Å²) in [5.41, 5.74) is 1.49. The standard InChI is InChI=1S/C27H28N6O5S.C2HF3O2/c1-16(28-3)24(36)30-20-14-32(25(37)19-10-8-18(9-11-19)17(2)34)21-6-4-5-7-22(21)33(26(20)38)15-23(35)31-27-29-12-13-39-27;3-2(4,5)1(6)7/h4-13,16,20,28H,14-15H2,1-3H3,(H,30,36)(H,29,31,35);(H,6,7)/t16-,20-;/m0./s1. The first-order valence-corrected chi connectivity index (χ1v) is 14.3. The van der Waals surface area contributed by atoms with E-state index in [1.54, 1.807) is 74.1 Å². The number of rotatable bonds is 8. The highest BCUT2D eigenvalue weighted by Crippen LogP contribution is 2.34. The van der Waals surface area contributed by atoms with Gasteiger partial charge in [-0.2, -0.15) is 13.2 Å². The maximum Gasteiger partial charge on any atom is 0.490 e. The van der Waals surface area contributed by atoms with Crippen molar-refractivity contribution in [2.24, 2.45) is 0 Å². The Morgan fingerprint density at radius 1 is 1.04 bits per heavy atom. The highest BCUT2D eigenvalue weighted by Gasteiger charge is 2.39. The first kappa shape index (κ1) is 35.3. The summed E-state index contributed by atoms with van der Waals surface area (Å²) in [5, 5.41) is 17.4. The van der Waals surface area contributed by atoms with Crippen LogP contribution in [0.5, 0.6) is 0 Å². The number of alkyl halides is 3. The number of aromatic nitrogens is 1. The van der Waals surface area contributed by atoms with Crippen LogP contribution in [0.25, 0.3) is 0 Å². The quantitative estimate of drug-likeness (QED) is 0.264. The minimum Gasteiger partial charge on any atom is -0.475 e. The lowest BCUT2D eigenvalue weighted by atomic mass is 10.1. The van der Waals surface area contributed by atoms with E-state index in [1.807, 2.05) is 0 Å². The number of thiazole rings is 1. The van der Waals surface area contributed by atoms with Crippen molar-refractivity contribution in [3.63, 3.8) is 0 Å². The molecule has 244 valence electrons. The van der Waals surface area contributed by atoms with Crippen LogP contribution in [0.2, 0.25) is 0 Å². The fraction of sp³-hybridized carbons (Fsp3) is 0.276. The predicted octanol–water partition coefficient (Wildman–Crippen LogP) is 2.70. The number of nitrogens with one attached hydrogen (secondary N) is 3. The molecule has 2 atom stereocenters. The average molecular weight is 663 g/mol. The van der Waals surface area contributed by atoms with E-state index in [0.717, 1.165) is 0 Å². The molecule has 13 nitrogen and oxygen atoms in total. The van der Waals surface area contributed by atoms with Gasteiger partial charge < -0.3 is 26.0 Å². The molecule has 0 saturated heterocycles. The Balaban J connectivity index is 0.000000738. The highest BCUT2D eigenvalue weighted by atomic mass is 32.1. The molecule has 4 rings (SSSR count). The molecule has 3 aromatic rings. The van der Waals surface area contributed by atoms with Gasteiger partial charge in [-0.15, -0.1) is 11.3 Å². The van der Waals surface area contributed by atoms with Gasteiger partial charge in [0.05, 0.1) is 24.0 Å². The van der Waals surface area contributed by atoms with Crippen LogP contribution >= 0.6 is 11.3 Å². The van der Waals surface area contributed by atoms with Gasteiger partial charge in [0.25, 0.3) is 11.8 Å². The Morgan fingerprint density at radius 2 is 1.63 bits per heavy atom. The van der Waals surface area contributed by atoms with E-state index in [9.17, 15) is 37.1 Å². The largest absolute Gasteiger partial charge is 0.490 e. The van der Waals surface area contributed by atoms with E-state index < -0.39 is 47.9 Å². The molecule has 4 N–H and O–H groups in total. The zero-order chi connectivity index (χ0) is 34.2. The molecular weight excluding hydrogens is 633 g/mol. The van der Waals surface area contributed by atoms with Crippen LogP contribution in [0, 0.1) is 0 Å². The van der Waals surface area contributed by atoms with E-state index >= 15 is 0 Å². The van der Waals surface area contributed by atoms with Gasteiger partial charge in [0.15, 0.2) is 10.9 Å². The molecule has 1 aliphatic heterocycles. The number of anilines is 3. The molecule has 1 aromatic heterocycles. The zero-order valence-electron chi connectivity index (χ0n) is 24.6. The molecule has 0 spiro atoms. The third-order valence-corrected chi connectivity index (χ3v) is 7.23. The molecular formula is C29H29F3N6O7S. The zero-order valence-corrected chi connectivity index (χ0v) is 25.4. The number of hydrogen-bond donors (Lipinski definition) is 4. The Morgan fingerprint density at radius 3 is 2.15 bits per heavy atom. The van der Waals surface area contributed by atoms with Crippen LogP contribution in [0.15, 0.2) is 60.1 Å². The number of ketones is 1. The average Bonchev–Trinajstić information content (AvgIpc) is 3.50. The smallest absolute Gasteiger partial charge is 0.475 e. The molecule has 17 heteroatoms. The molecule has 4 amide bonds. The summed E-state index contributed by atoms with van der Waals surface area (Å²) in [6.07, 6.45) is -3.53. The SMILES string of the molecule is CN[C@@H](C)C(=O)N[C@H]1CN(C(=O)c2ccc(C(C)=O)cc2)c2ccccc2N(CC(=O)Nc2nccs2)C1=O.O=C(O)C(F)(F)F. The van der Waals surface area contributed by atoms with Gasteiger partial charge in [-0.3, -0.25) is 28.9 Å². The summed E-state index contributed by atoms with van der Waals surface area (Å²) in [6, 6.07) is 11.2. The van der Waals surface area contributed by atoms with Gasteiger partial charge in [0, 0.05) is 22.7 Å². The van der Waals surface area contributed by atoms with E-state index in [4.69, 9.17) is 9.90 Å². The molecule has 0 fully saturated rings. The number of aliphatic carboxylic acids is 1.